The molecule has 1 heterocycles. The Morgan fingerprint density at radius 1 is 1.00 bits per heavy atom. The molecule has 1 atom stereocenters. The van der Waals surface area contributed by atoms with E-state index >= 15 is 0 Å². The van der Waals surface area contributed by atoms with Crippen LogP contribution in [0.25, 0.3) is 11.1 Å². The van der Waals surface area contributed by atoms with Gasteiger partial charge < -0.3 is 10.6 Å². The first-order chi connectivity index (χ1) is 9.81. The third-order valence-electron chi connectivity index (χ3n) is 2.96. The Morgan fingerprint density at radius 2 is 1.80 bits per heavy atom. The minimum absolute atomic E-state index is 0.323. The number of hydrogen-bond acceptors (Lipinski definition) is 3. The molecule has 100 valence electrons. The van der Waals surface area contributed by atoms with Gasteiger partial charge in [-0.1, -0.05) is 54.1 Å². The van der Waals surface area contributed by atoms with Crippen molar-refractivity contribution in [3.8, 4) is 11.1 Å². The number of rotatable bonds is 2. The second kappa shape index (κ2) is 5.80. The number of hydrogen-bond donors (Lipinski definition) is 2. The van der Waals surface area contributed by atoms with Gasteiger partial charge in [0, 0.05) is 11.9 Å². The van der Waals surface area contributed by atoms with Gasteiger partial charge in [-0.2, -0.15) is 0 Å². The molecule has 3 rings (SSSR count). The molecule has 0 spiro atoms. The topological polar surface area (TPSA) is 36.4 Å². The van der Waals surface area contributed by atoms with Crippen molar-refractivity contribution in [2.45, 2.75) is 5.50 Å². The van der Waals surface area contributed by atoms with Gasteiger partial charge in [0.1, 0.15) is 5.50 Å². The summed E-state index contributed by atoms with van der Waals surface area (Å²) < 4.78 is 0. The highest BCUT2D eigenvalue weighted by Gasteiger charge is 2.07. The van der Waals surface area contributed by atoms with Crippen molar-refractivity contribution in [2.24, 2.45) is 4.99 Å². The summed E-state index contributed by atoms with van der Waals surface area (Å²) in [6.45, 7) is 0. The number of halogens is 1. The van der Waals surface area contributed by atoms with Crippen LogP contribution in [0.4, 0.5) is 5.69 Å². The average Bonchev–Trinajstić information content (AvgIpc) is 2.48. The number of aliphatic imine (C=N–C) groups is 1. The van der Waals surface area contributed by atoms with E-state index in [1.165, 1.54) is 5.56 Å². The Morgan fingerprint density at radius 3 is 2.60 bits per heavy atom. The van der Waals surface area contributed by atoms with Crippen molar-refractivity contribution < 1.29 is 0 Å². The zero-order chi connectivity index (χ0) is 13.8. The molecule has 1 aliphatic rings. The van der Waals surface area contributed by atoms with E-state index < -0.39 is 0 Å². The molecular formula is C16H14ClN3. The fraction of sp³-hybridized carbons (Fsp3) is 0.0625. The van der Waals surface area contributed by atoms with Crippen LogP contribution in [0, 0.1) is 0 Å². The fourth-order valence-electron chi connectivity index (χ4n) is 2.02. The summed E-state index contributed by atoms with van der Waals surface area (Å²) in [5, 5.41) is 6.26. The van der Waals surface area contributed by atoms with Crippen LogP contribution in [0.1, 0.15) is 0 Å². The quantitative estimate of drug-likeness (QED) is 0.650. The highest BCUT2D eigenvalue weighted by molar-refractivity contribution is 6.22. The smallest absolute Gasteiger partial charge is 0.201 e. The summed E-state index contributed by atoms with van der Waals surface area (Å²) in [5.41, 5.74) is 2.99. The van der Waals surface area contributed by atoms with Crippen molar-refractivity contribution in [1.29, 1.82) is 0 Å². The maximum atomic E-state index is 5.95. The van der Waals surface area contributed by atoms with E-state index in [1.807, 2.05) is 30.3 Å². The van der Waals surface area contributed by atoms with Crippen molar-refractivity contribution in [3.63, 3.8) is 0 Å². The molecule has 3 nitrogen and oxygen atoms in total. The molecule has 0 saturated heterocycles. The van der Waals surface area contributed by atoms with Crippen molar-refractivity contribution in [3.05, 3.63) is 66.9 Å². The fourth-order valence-corrected chi connectivity index (χ4v) is 2.19. The molecule has 1 aliphatic heterocycles. The molecule has 0 aliphatic carbocycles. The van der Waals surface area contributed by atoms with E-state index in [-0.39, 0.29) is 5.50 Å². The van der Waals surface area contributed by atoms with Gasteiger partial charge in [-0.3, -0.25) is 0 Å². The third kappa shape index (κ3) is 3.00. The Balaban J connectivity index is 1.82. The number of benzene rings is 2. The van der Waals surface area contributed by atoms with Crippen LogP contribution in [-0.4, -0.2) is 11.5 Å². The molecule has 4 heteroatoms. The first kappa shape index (κ1) is 12.8. The number of nitrogens with one attached hydrogen (secondary N) is 2. The lowest BCUT2D eigenvalue weighted by molar-refractivity contribution is 1.04. The zero-order valence-electron chi connectivity index (χ0n) is 10.8. The van der Waals surface area contributed by atoms with Crippen molar-refractivity contribution in [1.82, 2.24) is 5.32 Å². The lowest BCUT2D eigenvalue weighted by Gasteiger charge is -2.15. The van der Waals surface area contributed by atoms with E-state index in [4.69, 9.17) is 11.6 Å². The minimum atomic E-state index is -0.323. The van der Waals surface area contributed by atoms with Crippen LogP contribution in [-0.2, 0) is 0 Å². The standard InChI is InChI=1S/C16H14ClN3/c17-15-9-10-18-16(20-15)19-14-8-4-7-13(11-14)12-5-2-1-3-6-12/h1-11,15H,(H2,18,19,20). The molecule has 0 fully saturated rings. The van der Waals surface area contributed by atoms with Gasteiger partial charge in [0.2, 0.25) is 5.96 Å². The molecule has 2 N–H and O–H groups in total. The lowest BCUT2D eigenvalue weighted by atomic mass is 10.1. The maximum Gasteiger partial charge on any atom is 0.201 e. The first-order valence-electron chi connectivity index (χ1n) is 6.39. The van der Waals surface area contributed by atoms with Gasteiger partial charge in [0.15, 0.2) is 0 Å². The minimum Gasteiger partial charge on any atom is -0.333 e. The Labute approximate surface area is 123 Å². The molecule has 2 aromatic carbocycles. The van der Waals surface area contributed by atoms with Crippen LogP contribution in [0.5, 0.6) is 0 Å². The van der Waals surface area contributed by atoms with E-state index in [0.717, 1.165) is 11.3 Å². The first-order valence-corrected chi connectivity index (χ1v) is 6.82. The summed E-state index contributed by atoms with van der Waals surface area (Å²) in [6.07, 6.45) is 3.57. The number of alkyl halides is 1. The molecule has 20 heavy (non-hydrogen) atoms. The van der Waals surface area contributed by atoms with E-state index in [1.54, 1.807) is 12.3 Å². The van der Waals surface area contributed by atoms with Crippen LogP contribution in [0.2, 0.25) is 0 Å². The van der Waals surface area contributed by atoms with Crippen molar-refractivity contribution >= 4 is 23.2 Å². The molecule has 0 bridgehead atoms. The largest absolute Gasteiger partial charge is 0.333 e. The average molecular weight is 284 g/mol. The van der Waals surface area contributed by atoms with Crippen LogP contribution in [0.3, 0.4) is 0 Å². The highest BCUT2D eigenvalue weighted by Crippen LogP contribution is 2.22. The monoisotopic (exact) mass is 283 g/mol. The molecule has 0 amide bonds. The summed E-state index contributed by atoms with van der Waals surface area (Å²) in [7, 11) is 0. The van der Waals surface area contributed by atoms with Crippen LogP contribution >= 0.6 is 11.6 Å². The summed E-state index contributed by atoms with van der Waals surface area (Å²) in [4.78, 5) is 4.25. The van der Waals surface area contributed by atoms with Gasteiger partial charge in [0.25, 0.3) is 0 Å². The number of guanidine groups is 1. The van der Waals surface area contributed by atoms with Gasteiger partial charge in [-0.05, 0) is 29.3 Å². The van der Waals surface area contributed by atoms with Crippen molar-refractivity contribution in [2.75, 3.05) is 5.32 Å². The van der Waals surface area contributed by atoms with E-state index in [0.29, 0.717) is 5.96 Å². The highest BCUT2D eigenvalue weighted by atomic mass is 35.5. The molecular weight excluding hydrogens is 270 g/mol. The van der Waals surface area contributed by atoms with E-state index in [9.17, 15) is 0 Å². The van der Waals surface area contributed by atoms with Gasteiger partial charge in [-0.25, -0.2) is 4.99 Å². The summed E-state index contributed by atoms with van der Waals surface area (Å²) in [6, 6.07) is 18.4. The van der Waals surface area contributed by atoms with Crippen LogP contribution < -0.4 is 10.6 Å². The number of nitrogens with zero attached hydrogens (tertiary/aromatic N) is 1. The Kier molecular flexibility index (Phi) is 3.70. The SMILES string of the molecule is ClC1C=CNC(Nc2cccc(-c3ccccc3)c2)=N1. The van der Waals surface area contributed by atoms with Gasteiger partial charge in [-0.15, -0.1) is 0 Å². The second-order valence-electron chi connectivity index (χ2n) is 4.43. The van der Waals surface area contributed by atoms with Crippen LogP contribution in [0.15, 0.2) is 71.9 Å². The summed E-state index contributed by atoms with van der Waals surface area (Å²) >= 11 is 5.95. The van der Waals surface area contributed by atoms with Gasteiger partial charge >= 0.3 is 0 Å². The Hall–Kier alpha value is -2.26. The third-order valence-corrected chi connectivity index (χ3v) is 3.20. The van der Waals surface area contributed by atoms with Gasteiger partial charge in [0.05, 0.1) is 0 Å². The second-order valence-corrected chi connectivity index (χ2v) is 4.87. The number of anilines is 1. The molecule has 0 radical (unpaired) electrons. The maximum absolute atomic E-state index is 5.95. The Bertz CT molecular complexity index is 650. The molecule has 0 saturated carbocycles. The molecule has 1 unspecified atom stereocenters. The molecule has 0 aromatic heterocycles. The zero-order valence-corrected chi connectivity index (χ0v) is 11.5. The summed E-state index contributed by atoms with van der Waals surface area (Å²) in [5.74, 6) is 0.651. The molecule has 2 aromatic rings. The predicted octanol–water partition coefficient (Wildman–Crippen LogP) is 3.80. The normalized spacial score (nSPS) is 17.2. The lowest BCUT2D eigenvalue weighted by Crippen LogP contribution is -2.30. The van der Waals surface area contributed by atoms with E-state index in [2.05, 4.69) is 39.9 Å². The predicted molar refractivity (Wildman–Crippen MR) is 84.9 cm³/mol.